The van der Waals surface area contributed by atoms with E-state index in [1.165, 1.54) is 0 Å². The van der Waals surface area contributed by atoms with Crippen LogP contribution < -0.4 is 5.32 Å². The zero-order chi connectivity index (χ0) is 16.4. The summed E-state index contributed by atoms with van der Waals surface area (Å²) in [6, 6.07) is -2.67. The Hall–Kier alpha value is -0.480. The summed E-state index contributed by atoms with van der Waals surface area (Å²) in [5.41, 5.74) is 0. The van der Waals surface area contributed by atoms with E-state index in [9.17, 15) is 0 Å². The average molecular weight is 237 g/mol. The fraction of sp³-hybridized carbons (Fsp3) is 0.500. The standard InChI is InChI=1S/C8H10BrN3/c9-6-4-11-8(12-5-6)7-2-1-3-10-7/h4-5,7,10H,1-3H2/i1D2,2D2,3D2,4D,5D,7D. The first-order valence-electron chi connectivity index (χ1n) is 7.58. The molecular formula is C8H10BrN3. The Kier molecular flexibility index (Phi) is 0.801. The molecule has 3 nitrogen and oxygen atoms in total. The second-order valence-corrected chi connectivity index (χ2v) is 2.75. The molecule has 0 bridgehead atoms. The minimum atomic E-state index is -3.04. The van der Waals surface area contributed by atoms with Crippen LogP contribution in [0.5, 0.6) is 0 Å². The molecule has 4 heteroatoms. The molecule has 1 atom stereocenters. The molecule has 1 aliphatic rings. The lowest BCUT2D eigenvalue weighted by Gasteiger charge is -2.06. The third kappa shape index (κ3) is 1.64. The van der Waals surface area contributed by atoms with Crippen LogP contribution in [-0.2, 0) is 0 Å². The van der Waals surface area contributed by atoms with Crippen LogP contribution in [0, 0.1) is 0 Å². The predicted molar refractivity (Wildman–Crippen MR) is 49.7 cm³/mol. The van der Waals surface area contributed by atoms with Crippen LogP contribution in [-0.4, -0.2) is 16.5 Å². The molecule has 2 rings (SSSR count). The highest BCUT2D eigenvalue weighted by atomic mass is 79.9. The Morgan fingerprint density at radius 2 is 2.50 bits per heavy atom. The summed E-state index contributed by atoms with van der Waals surface area (Å²) in [4.78, 5) is 7.16. The highest BCUT2D eigenvalue weighted by Crippen LogP contribution is 2.19. The summed E-state index contributed by atoms with van der Waals surface area (Å²) in [5.74, 6) is -0.670. The number of nitrogens with one attached hydrogen (secondary N) is 1. The summed E-state index contributed by atoms with van der Waals surface area (Å²) in [6.45, 7) is -2.85. The zero-order valence-electron chi connectivity index (χ0n) is 14.8. The quantitative estimate of drug-likeness (QED) is 0.807. The maximum Gasteiger partial charge on any atom is 0.145 e. The maximum absolute atomic E-state index is 8.13. The van der Waals surface area contributed by atoms with Gasteiger partial charge in [-0.2, -0.15) is 0 Å². The van der Waals surface area contributed by atoms with Crippen molar-refractivity contribution < 1.29 is 12.3 Å². The molecule has 1 aromatic rings. The molecule has 0 amide bonds. The normalized spacial score (nSPS) is 52.6. The summed E-state index contributed by atoms with van der Waals surface area (Å²) in [5, 5.41) is 1.92. The van der Waals surface area contributed by atoms with Gasteiger partial charge in [-0.05, 0) is 35.2 Å². The van der Waals surface area contributed by atoms with Crippen molar-refractivity contribution in [3.05, 3.63) is 22.6 Å². The van der Waals surface area contributed by atoms with Crippen LogP contribution in [0.3, 0.4) is 0 Å². The van der Waals surface area contributed by atoms with Crippen molar-refractivity contribution in [3.63, 3.8) is 0 Å². The van der Waals surface area contributed by atoms with E-state index in [1.54, 1.807) is 0 Å². The molecular weight excluding hydrogens is 218 g/mol. The van der Waals surface area contributed by atoms with Gasteiger partial charge in [0, 0.05) is 20.6 Å². The fourth-order valence-corrected chi connectivity index (χ4v) is 0.874. The van der Waals surface area contributed by atoms with Gasteiger partial charge in [0.2, 0.25) is 0 Å². The third-order valence-electron chi connectivity index (χ3n) is 1.18. The molecule has 0 spiro atoms. The number of hydrogen-bond acceptors (Lipinski definition) is 3. The van der Waals surface area contributed by atoms with Crippen molar-refractivity contribution in [2.75, 3.05) is 6.50 Å². The molecule has 1 unspecified atom stereocenters. The molecule has 12 heavy (non-hydrogen) atoms. The lowest BCUT2D eigenvalue weighted by molar-refractivity contribution is 0.604. The van der Waals surface area contributed by atoms with Gasteiger partial charge in [0.15, 0.2) is 0 Å². The molecule has 0 aliphatic carbocycles. The Bertz CT molecular complexity index is 584. The molecule has 1 aliphatic heterocycles. The van der Waals surface area contributed by atoms with E-state index in [0.717, 1.165) is 0 Å². The lowest BCUT2D eigenvalue weighted by atomic mass is 10.2. The van der Waals surface area contributed by atoms with Crippen molar-refractivity contribution in [2.45, 2.75) is 18.8 Å². The van der Waals surface area contributed by atoms with Crippen LogP contribution in [0.4, 0.5) is 0 Å². The maximum atomic E-state index is 8.13. The van der Waals surface area contributed by atoms with Gasteiger partial charge >= 0.3 is 0 Å². The summed E-state index contributed by atoms with van der Waals surface area (Å²) >= 11 is 2.89. The van der Waals surface area contributed by atoms with Crippen molar-refractivity contribution in [1.29, 1.82) is 0 Å². The monoisotopic (exact) mass is 236 g/mol. The second kappa shape index (κ2) is 3.49. The number of aromatic nitrogens is 2. The molecule has 1 fully saturated rings. The smallest absolute Gasteiger partial charge is 0.145 e. The third-order valence-corrected chi connectivity index (χ3v) is 1.54. The van der Waals surface area contributed by atoms with Crippen LogP contribution in [0.2, 0.25) is 0 Å². The molecule has 64 valence electrons. The predicted octanol–water partition coefficient (Wildman–Crippen LogP) is 1.66. The Balaban J connectivity index is 2.68. The lowest BCUT2D eigenvalue weighted by Crippen LogP contribution is -2.15. The van der Waals surface area contributed by atoms with E-state index in [0.29, 0.717) is 0 Å². The minimum absolute atomic E-state index is 0.0561. The minimum Gasteiger partial charge on any atom is -0.307 e. The molecule has 1 aromatic heterocycles. The van der Waals surface area contributed by atoms with Crippen molar-refractivity contribution in [3.8, 4) is 0 Å². The number of rotatable bonds is 1. The van der Waals surface area contributed by atoms with Crippen LogP contribution in [0.25, 0.3) is 0 Å². The summed E-state index contributed by atoms with van der Waals surface area (Å²) in [6.07, 6.45) is -7.01. The van der Waals surface area contributed by atoms with Gasteiger partial charge in [0.05, 0.1) is 14.6 Å². The molecule has 2 heterocycles. The van der Waals surface area contributed by atoms with Gasteiger partial charge < -0.3 is 5.32 Å². The number of hydrogen-bond donors (Lipinski definition) is 1. The van der Waals surface area contributed by atoms with Crippen LogP contribution >= 0.6 is 15.9 Å². The van der Waals surface area contributed by atoms with Gasteiger partial charge in [-0.25, -0.2) is 9.97 Å². The molecule has 1 N–H and O–H groups in total. The SMILES string of the molecule is [2H]c1nc(C2([2H])NC([2H])([2H])C([2H])([2H])C2([2H])[2H])nc([2H])c1Br. The first-order valence-corrected chi connectivity index (χ1v) is 3.88. The van der Waals surface area contributed by atoms with Gasteiger partial charge in [-0.15, -0.1) is 0 Å². The number of nitrogens with zero attached hydrogens (tertiary/aromatic N) is 2. The largest absolute Gasteiger partial charge is 0.307 e. The average Bonchev–Trinajstić information content (AvgIpc) is 2.42. The molecule has 0 saturated carbocycles. The van der Waals surface area contributed by atoms with E-state index in [2.05, 4.69) is 25.9 Å². The topological polar surface area (TPSA) is 37.8 Å². The highest BCUT2D eigenvalue weighted by molar-refractivity contribution is 9.10. The van der Waals surface area contributed by atoms with Gasteiger partial charge in [0.1, 0.15) is 5.82 Å². The van der Waals surface area contributed by atoms with E-state index in [1.807, 2.05) is 5.32 Å². The van der Waals surface area contributed by atoms with Crippen LogP contribution in [0.15, 0.2) is 16.8 Å². The van der Waals surface area contributed by atoms with Crippen molar-refractivity contribution >= 4 is 15.9 Å². The second-order valence-electron chi connectivity index (χ2n) is 1.96. The van der Waals surface area contributed by atoms with E-state index < -0.39 is 43.4 Å². The first kappa shape index (κ1) is 2.75. The van der Waals surface area contributed by atoms with Gasteiger partial charge in [-0.1, -0.05) is 0 Å². The first-order chi connectivity index (χ1) is 9.28. The van der Waals surface area contributed by atoms with Crippen molar-refractivity contribution in [1.82, 2.24) is 15.3 Å². The Morgan fingerprint density at radius 3 is 3.08 bits per heavy atom. The highest BCUT2D eigenvalue weighted by Gasteiger charge is 2.17. The van der Waals surface area contributed by atoms with E-state index in [-0.39, 0.29) is 4.47 Å². The van der Waals surface area contributed by atoms with Crippen LogP contribution in [0.1, 0.15) is 36.9 Å². The van der Waals surface area contributed by atoms with Gasteiger partial charge in [-0.3, -0.25) is 0 Å². The zero-order valence-corrected chi connectivity index (χ0v) is 7.36. The molecule has 1 saturated heterocycles. The Morgan fingerprint density at radius 1 is 1.75 bits per heavy atom. The van der Waals surface area contributed by atoms with E-state index in [4.69, 9.17) is 12.3 Å². The molecule has 0 radical (unpaired) electrons. The summed E-state index contributed by atoms with van der Waals surface area (Å²) < 4.78 is 69.2. The van der Waals surface area contributed by atoms with Gasteiger partial charge in [0.25, 0.3) is 0 Å². The van der Waals surface area contributed by atoms with Crippen molar-refractivity contribution in [2.24, 2.45) is 0 Å². The van der Waals surface area contributed by atoms with E-state index >= 15 is 0 Å². The number of halogens is 1. The summed E-state index contributed by atoms with van der Waals surface area (Å²) in [7, 11) is 0. The molecule has 0 aromatic carbocycles. The Labute approximate surface area is 92.4 Å². The fourth-order valence-electron chi connectivity index (χ4n) is 0.696.